The molecule has 0 aliphatic heterocycles. The quantitative estimate of drug-likeness (QED) is 0.317. The average molecular weight is 589 g/mol. The molecule has 0 atom stereocenters. The van der Waals surface area contributed by atoms with Crippen LogP contribution in [0, 0.1) is 11.3 Å². The number of para-hydroxylation sites is 1. The van der Waals surface area contributed by atoms with Crippen molar-refractivity contribution in [1.82, 2.24) is 4.57 Å². The van der Waals surface area contributed by atoms with E-state index in [4.69, 9.17) is 4.74 Å². The van der Waals surface area contributed by atoms with Gasteiger partial charge >= 0.3 is 0 Å². The zero-order chi connectivity index (χ0) is 27.2. The zero-order valence-electron chi connectivity index (χ0n) is 21.2. The SMILES string of the molecule is CCOc1ccc(Br)cc1C=c1sc(=C(C#N)C(=O)Nc2ccc(C(C)C)cc2)n(-c2ccccc2)c1=O. The summed E-state index contributed by atoms with van der Waals surface area (Å²) in [5.41, 5.74) is 2.50. The Kier molecular flexibility index (Phi) is 8.62. The lowest BCUT2D eigenvalue weighted by Crippen LogP contribution is -2.32. The first kappa shape index (κ1) is 27.1. The van der Waals surface area contributed by atoms with Gasteiger partial charge in [0.2, 0.25) is 0 Å². The van der Waals surface area contributed by atoms with Crippen molar-refractivity contribution >= 4 is 50.5 Å². The summed E-state index contributed by atoms with van der Waals surface area (Å²) >= 11 is 4.57. The van der Waals surface area contributed by atoms with Crippen LogP contribution in [0.25, 0.3) is 17.3 Å². The minimum atomic E-state index is -0.584. The molecule has 8 heteroatoms. The van der Waals surface area contributed by atoms with E-state index in [-0.39, 0.29) is 15.8 Å². The van der Waals surface area contributed by atoms with Crippen molar-refractivity contribution in [3.8, 4) is 17.5 Å². The number of nitriles is 1. The third kappa shape index (κ3) is 5.96. The van der Waals surface area contributed by atoms with Gasteiger partial charge in [0.1, 0.15) is 16.5 Å². The molecule has 0 fully saturated rings. The molecule has 4 aromatic rings. The van der Waals surface area contributed by atoms with Gasteiger partial charge in [-0.05, 0) is 66.9 Å². The molecule has 1 N–H and O–H groups in total. The largest absolute Gasteiger partial charge is 0.493 e. The Hall–Kier alpha value is -3.93. The first-order valence-electron chi connectivity index (χ1n) is 12.1. The van der Waals surface area contributed by atoms with E-state index >= 15 is 0 Å². The number of hydrogen-bond donors (Lipinski definition) is 1. The van der Waals surface area contributed by atoms with Gasteiger partial charge < -0.3 is 10.1 Å². The molecule has 1 heterocycles. The van der Waals surface area contributed by atoms with Crippen LogP contribution in [0.1, 0.15) is 37.8 Å². The fourth-order valence-corrected chi connectivity index (χ4v) is 5.33. The predicted molar refractivity (Wildman–Crippen MR) is 156 cm³/mol. The summed E-state index contributed by atoms with van der Waals surface area (Å²) in [5, 5.41) is 12.9. The van der Waals surface area contributed by atoms with Crippen LogP contribution >= 0.6 is 27.3 Å². The van der Waals surface area contributed by atoms with Crippen molar-refractivity contribution in [3.63, 3.8) is 0 Å². The Labute approximate surface area is 233 Å². The molecule has 3 aromatic carbocycles. The van der Waals surface area contributed by atoms with E-state index in [1.165, 1.54) is 4.57 Å². The number of aromatic nitrogens is 1. The first-order valence-corrected chi connectivity index (χ1v) is 13.7. The molecule has 38 heavy (non-hydrogen) atoms. The summed E-state index contributed by atoms with van der Waals surface area (Å²) in [4.78, 5) is 27.0. The lowest BCUT2D eigenvalue weighted by molar-refractivity contribution is -0.111. The van der Waals surface area contributed by atoms with Crippen LogP contribution in [0.5, 0.6) is 5.75 Å². The van der Waals surface area contributed by atoms with Gasteiger partial charge in [0, 0.05) is 15.7 Å². The number of carbonyl (C=O) groups is 1. The summed E-state index contributed by atoms with van der Waals surface area (Å²) in [6.07, 6.45) is 1.73. The highest BCUT2D eigenvalue weighted by atomic mass is 79.9. The van der Waals surface area contributed by atoms with Gasteiger partial charge in [-0.25, -0.2) is 0 Å². The number of nitrogens with zero attached hydrogens (tertiary/aromatic N) is 2. The van der Waals surface area contributed by atoms with Crippen molar-refractivity contribution in [2.75, 3.05) is 11.9 Å². The lowest BCUT2D eigenvalue weighted by atomic mass is 10.0. The van der Waals surface area contributed by atoms with E-state index in [0.717, 1.165) is 21.4 Å². The summed E-state index contributed by atoms with van der Waals surface area (Å²) in [7, 11) is 0. The molecule has 1 aromatic heterocycles. The van der Waals surface area contributed by atoms with Crippen molar-refractivity contribution in [2.45, 2.75) is 26.7 Å². The highest BCUT2D eigenvalue weighted by Gasteiger charge is 2.18. The number of amides is 1. The second-order valence-corrected chi connectivity index (χ2v) is 10.7. The molecule has 6 nitrogen and oxygen atoms in total. The fraction of sp³-hybridized carbons (Fsp3) is 0.167. The number of thiazole rings is 1. The smallest absolute Gasteiger partial charge is 0.273 e. The van der Waals surface area contributed by atoms with Crippen molar-refractivity contribution in [3.05, 3.63) is 108 Å². The van der Waals surface area contributed by atoms with Gasteiger partial charge in [0.15, 0.2) is 5.57 Å². The Morgan fingerprint density at radius 1 is 1.13 bits per heavy atom. The molecular formula is C30H26BrN3O3S. The van der Waals surface area contributed by atoms with Gasteiger partial charge in [-0.2, -0.15) is 5.26 Å². The number of hydrogen-bond acceptors (Lipinski definition) is 5. The van der Waals surface area contributed by atoms with Crippen molar-refractivity contribution in [1.29, 1.82) is 5.26 Å². The minimum Gasteiger partial charge on any atom is -0.493 e. The molecule has 4 rings (SSSR count). The number of nitrogens with one attached hydrogen (secondary N) is 1. The Morgan fingerprint density at radius 2 is 1.84 bits per heavy atom. The highest BCUT2D eigenvalue weighted by molar-refractivity contribution is 9.10. The van der Waals surface area contributed by atoms with Crippen molar-refractivity contribution < 1.29 is 9.53 Å². The monoisotopic (exact) mass is 587 g/mol. The maximum absolute atomic E-state index is 13.7. The van der Waals surface area contributed by atoms with Crippen LogP contribution < -0.4 is 24.8 Å². The van der Waals surface area contributed by atoms with E-state index in [1.54, 1.807) is 30.3 Å². The number of halogens is 1. The molecule has 0 saturated heterocycles. The first-order chi connectivity index (χ1) is 18.3. The Balaban J connectivity index is 1.91. The van der Waals surface area contributed by atoms with Gasteiger partial charge in [0.25, 0.3) is 11.5 Å². The molecule has 0 saturated carbocycles. The molecule has 1 amide bonds. The zero-order valence-corrected chi connectivity index (χ0v) is 23.6. The van der Waals surface area contributed by atoms with Crippen molar-refractivity contribution in [2.24, 2.45) is 0 Å². The topological polar surface area (TPSA) is 84.1 Å². The molecular weight excluding hydrogens is 562 g/mol. The summed E-state index contributed by atoms with van der Waals surface area (Å²) in [5.74, 6) is 0.402. The fourth-order valence-electron chi connectivity index (χ4n) is 3.86. The van der Waals surface area contributed by atoms with Crippen LogP contribution in [0.3, 0.4) is 0 Å². The van der Waals surface area contributed by atoms with Gasteiger partial charge in [-0.3, -0.25) is 14.2 Å². The van der Waals surface area contributed by atoms with Gasteiger partial charge in [-0.15, -0.1) is 11.3 Å². The molecule has 0 spiro atoms. The average Bonchev–Trinajstić information content (AvgIpc) is 3.22. The summed E-state index contributed by atoms with van der Waals surface area (Å²) < 4.78 is 8.60. The molecule has 0 unspecified atom stereocenters. The predicted octanol–water partition coefficient (Wildman–Crippen LogP) is 5.33. The van der Waals surface area contributed by atoms with Gasteiger partial charge in [0.05, 0.1) is 16.8 Å². The molecule has 0 aliphatic rings. The van der Waals surface area contributed by atoms with E-state index in [0.29, 0.717) is 39.7 Å². The maximum atomic E-state index is 13.7. The normalized spacial score (nSPS) is 12.3. The number of benzene rings is 3. The minimum absolute atomic E-state index is 0.150. The van der Waals surface area contributed by atoms with E-state index in [9.17, 15) is 14.9 Å². The van der Waals surface area contributed by atoms with E-state index in [1.807, 2.05) is 61.5 Å². The highest BCUT2D eigenvalue weighted by Crippen LogP contribution is 2.24. The van der Waals surface area contributed by atoms with Crippen LogP contribution in [0.2, 0.25) is 0 Å². The maximum Gasteiger partial charge on any atom is 0.273 e. The summed E-state index contributed by atoms with van der Waals surface area (Å²) in [6, 6.07) is 24.1. The lowest BCUT2D eigenvalue weighted by Gasteiger charge is -2.08. The van der Waals surface area contributed by atoms with E-state index < -0.39 is 5.91 Å². The molecule has 0 aliphatic carbocycles. The van der Waals surface area contributed by atoms with Gasteiger partial charge in [-0.1, -0.05) is 60.1 Å². The van der Waals surface area contributed by atoms with Crippen LogP contribution in [-0.2, 0) is 4.79 Å². The number of rotatable bonds is 7. The standard InChI is InChI=1S/C30H26BrN3O3S/c1-4-37-26-15-12-22(31)16-21(26)17-27-29(36)34(24-8-6-5-7-9-24)30(38-27)25(18-32)28(35)33-23-13-10-20(11-14-23)19(2)3/h5-17,19H,4H2,1-3H3,(H,33,35). The number of carbonyl (C=O) groups excluding carboxylic acids is 1. The molecule has 192 valence electrons. The number of ether oxygens (including phenoxy) is 1. The summed E-state index contributed by atoms with van der Waals surface area (Å²) in [6.45, 7) is 6.54. The van der Waals surface area contributed by atoms with Crippen LogP contribution in [-0.4, -0.2) is 17.1 Å². The Bertz CT molecular complexity index is 1680. The third-order valence-corrected chi connectivity index (χ3v) is 7.37. The van der Waals surface area contributed by atoms with Crippen LogP contribution in [0.4, 0.5) is 5.69 Å². The second-order valence-electron chi connectivity index (χ2n) is 8.72. The molecule has 0 bridgehead atoms. The molecule has 0 radical (unpaired) electrons. The van der Waals surface area contributed by atoms with E-state index in [2.05, 4.69) is 35.1 Å². The van der Waals surface area contributed by atoms with Crippen LogP contribution in [0.15, 0.2) is 82.1 Å². The third-order valence-electron chi connectivity index (χ3n) is 5.78. The number of anilines is 1. The Morgan fingerprint density at radius 3 is 2.47 bits per heavy atom. The second kappa shape index (κ2) is 12.1.